The molecule has 2 N–H and O–H groups in total. The normalized spacial score (nSPS) is 21.5. The van der Waals surface area contributed by atoms with Crippen molar-refractivity contribution in [3.8, 4) is 0 Å². The van der Waals surface area contributed by atoms with Crippen LogP contribution in [0, 0.1) is 0 Å². The highest BCUT2D eigenvalue weighted by molar-refractivity contribution is 5.83. The van der Waals surface area contributed by atoms with E-state index in [1.165, 1.54) is 16.3 Å². The summed E-state index contributed by atoms with van der Waals surface area (Å²) in [6, 6.07) is 15.5. The van der Waals surface area contributed by atoms with Crippen LogP contribution < -0.4 is 5.73 Å². The van der Waals surface area contributed by atoms with E-state index in [1.54, 1.807) is 0 Å². The van der Waals surface area contributed by atoms with Gasteiger partial charge in [-0.15, -0.1) is 0 Å². The van der Waals surface area contributed by atoms with Crippen molar-refractivity contribution in [3.05, 3.63) is 48.0 Å². The Labute approximate surface area is 126 Å². The monoisotopic (exact) mass is 284 g/mol. The van der Waals surface area contributed by atoms with Gasteiger partial charge < -0.3 is 10.5 Å². The Morgan fingerprint density at radius 1 is 1.24 bits per heavy atom. The Morgan fingerprint density at radius 2 is 2.05 bits per heavy atom. The fourth-order valence-electron chi connectivity index (χ4n) is 3.18. The number of hydrogen-bond donors (Lipinski definition) is 1. The van der Waals surface area contributed by atoms with Gasteiger partial charge in [-0.1, -0.05) is 43.3 Å². The van der Waals surface area contributed by atoms with E-state index in [-0.39, 0.29) is 6.04 Å². The van der Waals surface area contributed by atoms with Gasteiger partial charge in [-0.2, -0.15) is 0 Å². The summed E-state index contributed by atoms with van der Waals surface area (Å²) in [4.78, 5) is 2.47. The highest BCUT2D eigenvalue weighted by Gasteiger charge is 2.25. The number of nitrogens with two attached hydrogens (primary N) is 1. The summed E-state index contributed by atoms with van der Waals surface area (Å²) in [6.45, 7) is 5.58. The molecular formula is C18H24N2O. The molecule has 1 saturated heterocycles. The number of nitrogens with zero attached hydrogens (tertiary/aromatic N) is 1. The lowest BCUT2D eigenvalue weighted by Crippen LogP contribution is -2.46. The molecule has 0 radical (unpaired) electrons. The van der Waals surface area contributed by atoms with Crippen LogP contribution in [0.5, 0.6) is 0 Å². The van der Waals surface area contributed by atoms with E-state index < -0.39 is 0 Å². The van der Waals surface area contributed by atoms with Crippen LogP contribution in [0.2, 0.25) is 0 Å². The molecule has 0 amide bonds. The van der Waals surface area contributed by atoms with Crippen LogP contribution in [0.3, 0.4) is 0 Å². The minimum absolute atomic E-state index is 0.285. The van der Waals surface area contributed by atoms with Gasteiger partial charge in [0.2, 0.25) is 0 Å². The Morgan fingerprint density at radius 3 is 2.81 bits per heavy atom. The minimum Gasteiger partial charge on any atom is -0.376 e. The van der Waals surface area contributed by atoms with E-state index in [2.05, 4.69) is 54.3 Å². The average Bonchev–Trinajstić information content (AvgIpc) is 2.56. The molecule has 112 valence electrons. The zero-order chi connectivity index (χ0) is 14.7. The molecular weight excluding hydrogens is 260 g/mol. The van der Waals surface area contributed by atoms with E-state index in [0.29, 0.717) is 12.6 Å². The second-order valence-corrected chi connectivity index (χ2v) is 5.75. The summed E-state index contributed by atoms with van der Waals surface area (Å²) in [5.74, 6) is 0. The lowest BCUT2D eigenvalue weighted by Gasteiger charge is -2.38. The summed E-state index contributed by atoms with van der Waals surface area (Å²) < 4.78 is 5.78. The Balaban J connectivity index is 1.86. The molecule has 3 heteroatoms. The largest absolute Gasteiger partial charge is 0.376 e. The number of benzene rings is 2. The first kappa shape index (κ1) is 14.5. The second-order valence-electron chi connectivity index (χ2n) is 5.75. The van der Waals surface area contributed by atoms with Crippen LogP contribution >= 0.6 is 0 Å². The highest BCUT2D eigenvalue weighted by Crippen LogP contribution is 2.26. The zero-order valence-corrected chi connectivity index (χ0v) is 12.7. The molecule has 1 heterocycles. The van der Waals surface area contributed by atoms with Crippen molar-refractivity contribution in [2.24, 2.45) is 5.73 Å². The zero-order valence-electron chi connectivity index (χ0n) is 12.7. The summed E-state index contributed by atoms with van der Waals surface area (Å²) >= 11 is 0. The predicted octanol–water partition coefficient (Wildman–Crippen LogP) is 2.95. The maximum atomic E-state index is 6.08. The third-order valence-electron chi connectivity index (χ3n) is 4.45. The van der Waals surface area contributed by atoms with Crippen molar-refractivity contribution in [3.63, 3.8) is 0 Å². The average molecular weight is 284 g/mol. The maximum Gasteiger partial charge on any atom is 0.0700 e. The minimum atomic E-state index is 0.285. The van der Waals surface area contributed by atoms with Crippen molar-refractivity contribution in [2.75, 3.05) is 26.2 Å². The molecule has 0 saturated carbocycles. The van der Waals surface area contributed by atoms with Crippen LogP contribution in [-0.2, 0) is 4.74 Å². The molecule has 0 spiro atoms. The third-order valence-corrected chi connectivity index (χ3v) is 4.45. The van der Waals surface area contributed by atoms with Crippen LogP contribution in [0.4, 0.5) is 0 Å². The summed E-state index contributed by atoms with van der Waals surface area (Å²) in [5, 5.41) is 2.57. The van der Waals surface area contributed by atoms with Crippen molar-refractivity contribution < 1.29 is 4.74 Å². The predicted molar refractivity (Wildman–Crippen MR) is 87.3 cm³/mol. The Kier molecular flexibility index (Phi) is 4.54. The molecule has 0 aromatic heterocycles. The summed E-state index contributed by atoms with van der Waals surface area (Å²) in [6.07, 6.45) is 1.40. The molecule has 2 unspecified atom stereocenters. The molecule has 1 aliphatic heterocycles. The van der Waals surface area contributed by atoms with Crippen molar-refractivity contribution in [2.45, 2.75) is 25.5 Å². The topological polar surface area (TPSA) is 38.5 Å². The lowest BCUT2D eigenvalue weighted by molar-refractivity contribution is -0.0437. The first-order valence-corrected chi connectivity index (χ1v) is 7.86. The SMILES string of the molecule is CCC1CN(C(CN)c2ccc3ccccc3c2)CCO1. The van der Waals surface area contributed by atoms with E-state index in [4.69, 9.17) is 10.5 Å². The first-order chi connectivity index (χ1) is 10.3. The fourth-order valence-corrected chi connectivity index (χ4v) is 3.18. The quantitative estimate of drug-likeness (QED) is 0.938. The van der Waals surface area contributed by atoms with Crippen LogP contribution in [0.25, 0.3) is 10.8 Å². The number of hydrogen-bond acceptors (Lipinski definition) is 3. The smallest absolute Gasteiger partial charge is 0.0700 e. The van der Waals surface area contributed by atoms with Gasteiger partial charge in [-0.3, -0.25) is 4.90 Å². The molecule has 0 bridgehead atoms. The van der Waals surface area contributed by atoms with E-state index in [0.717, 1.165) is 26.1 Å². The van der Waals surface area contributed by atoms with Gasteiger partial charge in [0.05, 0.1) is 12.7 Å². The highest BCUT2D eigenvalue weighted by atomic mass is 16.5. The number of fused-ring (bicyclic) bond motifs is 1. The van der Waals surface area contributed by atoms with Crippen molar-refractivity contribution in [1.29, 1.82) is 0 Å². The van der Waals surface area contributed by atoms with Gasteiger partial charge in [0.1, 0.15) is 0 Å². The standard InChI is InChI=1S/C18H24N2O/c1-2-17-13-20(9-10-21-17)18(12-19)16-8-7-14-5-3-4-6-15(14)11-16/h3-8,11,17-18H,2,9-10,12-13,19H2,1H3. The molecule has 1 fully saturated rings. The molecule has 2 aromatic rings. The maximum absolute atomic E-state index is 6.08. The van der Waals surface area contributed by atoms with E-state index in [9.17, 15) is 0 Å². The van der Waals surface area contributed by atoms with E-state index >= 15 is 0 Å². The van der Waals surface area contributed by atoms with E-state index in [1.807, 2.05) is 0 Å². The lowest BCUT2D eigenvalue weighted by atomic mass is 10.00. The fraction of sp³-hybridized carbons (Fsp3) is 0.444. The molecule has 3 nitrogen and oxygen atoms in total. The van der Waals surface area contributed by atoms with Crippen LogP contribution in [0.1, 0.15) is 24.9 Å². The molecule has 21 heavy (non-hydrogen) atoms. The van der Waals surface area contributed by atoms with Gasteiger partial charge in [-0.05, 0) is 28.8 Å². The van der Waals surface area contributed by atoms with Gasteiger partial charge in [0.15, 0.2) is 0 Å². The first-order valence-electron chi connectivity index (χ1n) is 7.86. The van der Waals surface area contributed by atoms with Gasteiger partial charge in [0, 0.05) is 25.7 Å². The second kappa shape index (κ2) is 6.56. The van der Waals surface area contributed by atoms with Crippen molar-refractivity contribution >= 4 is 10.8 Å². The van der Waals surface area contributed by atoms with Gasteiger partial charge in [0.25, 0.3) is 0 Å². The molecule has 0 aliphatic carbocycles. The number of morpholine rings is 1. The van der Waals surface area contributed by atoms with Crippen LogP contribution in [-0.4, -0.2) is 37.2 Å². The van der Waals surface area contributed by atoms with Crippen LogP contribution in [0.15, 0.2) is 42.5 Å². The third kappa shape index (κ3) is 3.10. The summed E-state index contributed by atoms with van der Waals surface area (Å²) in [7, 11) is 0. The number of rotatable bonds is 4. The number of ether oxygens (including phenoxy) is 1. The Hall–Kier alpha value is -1.42. The van der Waals surface area contributed by atoms with Crippen molar-refractivity contribution in [1.82, 2.24) is 4.90 Å². The van der Waals surface area contributed by atoms with Gasteiger partial charge in [-0.25, -0.2) is 0 Å². The molecule has 3 rings (SSSR count). The van der Waals surface area contributed by atoms with Gasteiger partial charge >= 0.3 is 0 Å². The molecule has 2 atom stereocenters. The molecule has 1 aliphatic rings. The summed E-state index contributed by atoms with van der Waals surface area (Å²) in [5.41, 5.74) is 7.40. The molecule has 2 aromatic carbocycles. The Bertz CT molecular complexity index is 599.